The minimum Gasteiger partial charge on any atom is -0.379 e. The van der Waals surface area contributed by atoms with Gasteiger partial charge in [-0.1, -0.05) is 35.9 Å². The molecule has 0 saturated carbocycles. The molecule has 1 nitrogen and oxygen atoms in total. The summed E-state index contributed by atoms with van der Waals surface area (Å²) >= 11 is 5.92. The molecule has 1 N–H and O–H groups in total. The van der Waals surface area contributed by atoms with E-state index >= 15 is 0 Å². The molecule has 0 aromatic heterocycles. The maximum Gasteiger partial charge on any atom is 0.418 e. The summed E-state index contributed by atoms with van der Waals surface area (Å²) in [4.78, 5) is 0. The van der Waals surface area contributed by atoms with Crippen molar-refractivity contribution in [3.63, 3.8) is 0 Å². The van der Waals surface area contributed by atoms with E-state index in [0.717, 1.165) is 22.8 Å². The average molecular weight is 314 g/mol. The largest absolute Gasteiger partial charge is 0.418 e. The van der Waals surface area contributed by atoms with Crippen LogP contribution >= 0.6 is 11.6 Å². The summed E-state index contributed by atoms with van der Waals surface area (Å²) in [6.07, 6.45) is -4.44. The van der Waals surface area contributed by atoms with E-state index in [2.05, 4.69) is 5.32 Å². The molecule has 0 heterocycles. The van der Waals surface area contributed by atoms with Crippen molar-refractivity contribution in [3.8, 4) is 0 Å². The molecular weight excluding hydrogens is 299 g/mol. The lowest BCUT2D eigenvalue weighted by molar-refractivity contribution is -0.136. The van der Waals surface area contributed by atoms with Crippen LogP contribution in [0.25, 0.3) is 0 Å². The molecule has 0 unspecified atom stereocenters. The van der Waals surface area contributed by atoms with Crippen LogP contribution in [0, 0.1) is 13.8 Å². The Labute approximate surface area is 126 Å². The van der Waals surface area contributed by atoms with Gasteiger partial charge in [0.25, 0.3) is 0 Å². The van der Waals surface area contributed by atoms with Gasteiger partial charge in [-0.2, -0.15) is 13.2 Å². The van der Waals surface area contributed by atoms with E-state index in [1.807, 2.05) is 32.0 Å². The van der Waals surface area contributed by atoms with E-state index in [-0.39, 0.29) is 10.7 Å². The predicted molar refractivity (Wildman–Crippen MR) is 79.7 cm³/mol. The number of alkyl halides is 3. The normalized spacial score (nSPS) is 11.5. The van der Waals surface area contributed by atoms with Gasteiger partial charge in [-0.05, 0) is 42.7 Å². The molecule has 2 aromatic carbocycles. The van der Waals surface area contributed by atoms with Crippen molar-refractivity contribution >= 4 is 17.3 Å². The minimum atomic E-state index is -4.44. The van der Waals surface area contributed by atoms with Crippen LogP contribution in [-0.4, -0.2) is 0 Å². The van der Waals surface area contributed by atoms with Crippen molar-refractivity contribution < 1.29 is 13.2 Å². The molecule has 0 aliphatic carbocycles. The first-order valence-electron chi connectivity index (χ1n) is 6.45. The Balaban J connectivity index is 2.33. The third kappa shape index (κ3) is 3.50. The Morgan fingerprint density at radius 2 is 1.57 bits per heavy atom. The molecule has 2 aromatic rings. The third-order valence-electron chi connectivity index (χ3n) is 3.41. The van der Waals surface area contributed by atoms with Gasteiger partial charge in [-0.15, -0.1) is 0 Å². The van der Waals surface area contributed by atoms with Crippen molar-refractivity contribution in [3.05, 3.63) is 63.7 Å². The van der Waals surface area contributed by atoms with Gasteiger partial charge in [0.1, 0.15) is 0 Å². The van der Waals surface area contributed by atoms with Crippen molar-refractivity contribution in [2.45, 2.75) is 26.6 Å². The second-order valence-corrected chi connectivity index (χ2v) is 5.29. The predicted octanol–water partition coefficient (Wildman–Crippen LogP) is 5.59. The summed E-state index contributed by atoms with van der Waals surface area (Å²) in [6, 6.07) is 9.56. The van der Waals surface area contributed by atoms with Crippen molar-refractivity contribution in [2.75, 3.05) is 5.32 Å². The van der Waals surface area contributed by atoms with E-state index in [1.54, 1.807) is 0 Å². The van der Waals surface area contributed by atoms with Gasteiger partial charge in [0.05, 0.1) is 16.3 Å². The zero-order valence-corrected chi connectivity index (χ0v) is 12.4. The Bertz CT molecular complexity index is 630. The molecule has 0 aliphatic heterocycles. The van der Waals surface area contributed by atoms with E-state index in [9.17, 15) is 13.2 Å². The van der Waals surface area contributed by atoms with Crippen molar-refractivity contribution in [1.82, 2.24) is 0 Å². The summed E-state index contributed by atoms with van der Waals surface area (Å²) in [7, 11) is 0. The van der Waals surface area contributed by atoms with Gasteiger partial charge in [-0.25, -0.2) is 0 Å². The van der Waals surface area contributed by atoms with Gasteiger partial charge < -0.3 is 5.32 Å². The number of anilines is 1. The topological polar surface area (TPSA) is 12.0 Å². The van der Waals surface area contributed by atoms with E-state index in [1.165, 1.54) is 12.1 Å². The Hall–Kier alpha value is -1.68. The second-order valence-electron chi connectivity index (χ2n) is 4.88. The number of rotatable bonds is 3. The van der Waals surface area contributed by atoms with Crippen LogP contribution < -0.4 is 5.32 Å². The van der Waals surface area contributed by atoms with Crippen LogP contribution in [0.5, 0.6) is 0 Å². The average Bonchev–Trinajstić information content (AvgIpc) is 2.38. The van der Waals surface area contributed by atoms with E-state index < -0.39 is 11.7 Å². The first-order chi connectivity index (χ1) is 9.80. The van der Waals surface area contributed by atoms with E-state index in [4.69, 9.17) is 11.6 Å². The second kappa shape index (κ2) is 5.98. The summed E-state index contributed by atoms with van der Waals surface area (Å²) in [5, 5.41) is 2.90. The molecule has 21 heavy (non-hydrogen) atoms. The fraction of sp³-hybridized carbons (Fsp3) is 0.250. The molecule has 112 valence electrons. The third-order valence-corrected chi connectivity index (χ3v) is 3.72. The maximum atomic E-state index is 13.0. The van der Waals surface area contributed by atoms with Gasteiger partial charge in [0, 0.05) is 6.54 Å². The summed E-state index contributed by atoms with van der Waals surface area (Å²) in [5.74, 6) is 0. The molecule has 0 bridgehead atoms. The lowest BCUT2D eigenvalue weighted by atomic mass is 10.0. The lowest BCUT2D eigenvalue weighted by Crippen LogP contribution is -2.12. The molecule has 0 atom stereocenters. The standard InChI is InChI=1S/C16H15ClF3N/c1-10-5-3-6-11(2)12(10)9-21-15-13(16(18,19)20)7-4-8-14(15)17/h3-8,21H,9H2,1-2H3. The number of para-hydroxylation sites is 1. The van der Waals surface area contributed by atoms with Crippen LogP contribution in [0.2, 0.25) is 5.02 Å². The molecule has 2 rings (SSSR count). The molecule has 0 spiro atoms. The van der Waals surface area contributed by atoms with Crippen LogP contribution in [0.4, 0.5) is 18.9 Å². The highest BCUT2D eigenvalue weighted by molar-refractivity contribution is 6.33. The van der Waals surface area contributed by atoms with Crippen LogP contribution in [-0.2, 0) is 12.7 Å². The molecular formula is C16H15ClF3N. The number of hydrogen-bond donors (Lipinski definition) is 1. The van der Waals surface area contributed by atoms with E-state index in [0.29, 0.717) is 6.54 Å². The number of hydrogen-bond acceptors (Lipinski definition) is 1. The smallest absolute Gasteiger partial charge is 0.379 e. The maximum absolute atomic E-state index is 13.0. The first-order valence-corrected chi connectivity index (χ1v) is 6.83. The highest BCUT2D eigenvalue weighted by Crippen LogP contribution is 2.38. The fourth-order valence-electron chi connectivity index (χ4n) is 2.24. The van der Waals surface area contributed by atoms with Crippen LogP contribution in [0.3, 0.4) is 0 Å². The summed E-state index contributed by atoms with van der Waals surface area (Å²) in [5.41, 5.74) is 2.22. The SMILES string of the molecule is Cc1cccc(C)c1CNc1c(Cl)cccc1C(F)(F)F. The number of aryl methyl sites for hydroxylation is 2. The molecule has 0 radical (unpaired) electrons. The molecule has 0 amide bonds. The molecule has 5 heteroatoms. The van der Waals surface area contributed by atoms with Crippen molar-refractivity contribution in [1.29, 1.82) is 0 Å². The first kappa shape index (κ1) is 15.7. The number of halogens is 4. The van der Waals surface area contributed by atoms with Crippen molar-refractivity contribution in [2.24, 2.45) is 0 Å². The number of benzene rings is 2. The Morgan fingerprint density at radius 3 is 2.14 bits per heavy atom. The summed E-state index contributed by atoms with van der Waals surface area (Å²) in [6.45, 7) is 4.16. The monoisotopic (exact) mass is 313 g/mol. The van der Waals surface area contributed by atoms with Gasteiger partial charge >= 0.3 is 6.18 Å². The molecule has 0 fully saturated rings. The van der Waals surface area contributed by atoms with Gasteiger partial charge in [0.15, 0.2) is 0 Å². The van der Waals surface area contributed by atoms with Gasteiger partial charge in [-0.3, -0.25) is 0 Å². The Morgan fingerprint density at radius 1 is 1.00 bits per heavy atom. The van der Waals surface area contributed by atoms with Crippen LogP contribution in [0.1, 0.15) is 22.3 Å². The quantitative estimate of drug-likeness (QED) is 0.779. The molecule has 0 saturated heterocycles. The lowest BCUT2D eigenvalue weighted by Gasteiger charge is -2.17. The fourth-order valence-corrected chi connectivity index (χ4v) is 2.49. The highest BCUT2D eigenvalue weighted by Gasteiger charge is 2.34. The number of nitrogens with one attached hydrogen (secondary N) is 1. The van der Waals surface area contributed by atoms with Crippen LogP contribution in [0.15, 0.2) is 36.4 Å². The molecule has 0 aliphatic rings. The van der Waals surface area contributed by atoms with Gasteiger partial charge in [0.2, 0.25) is 0 Å². The highest BCUT2D eigenvalue weighted by atomic mass is 35.5. The zero-order valence-electron chi connectivity index (χ0n) is 11.7. The Kier molecular flexibility index (Phi) is 4.47. The summed E-state index contributed by atoms with van der Waals surface area (Å²) < 4.78 is 39.0. The minimum absolute atomic E-state index is 0.0658. The zero-order chi connectivity index (χ0) is 15.6.